The van der Waals surface area contributed by atoms with E-state index in [0.717, 1.165) is 24.0 Å². The summed E-state index contributed by atoms with van der Waals surface area (Å²) in [7, 11) is 1.60. The van der Waals surface area contributed by atoms with Crippen molar-refractivity contribution in [3.05, 3.63) is 64.9 Å². The molecular formula is C22H19N3O3S. The van der Waals surface area contributed by atoms with Gasteiger partial charge in [0.25, 0.3) is 5.91 Å². The third-order valence-corrected chi connectivity index (χ3v) is 5.11. The third-order valence-electron chi connectivity index (χ3n) is 4.81. The first-order valence-electron chi connectivity index (χ1n) is 9.25. The van der Waals surface area contributed by atoms with Crippen LogP contribution in [0.25, 0.3) is 6.08 Å². The van der Waals surface area contributed by atoms with E-state index in [0.29, 0.717) is 34.5 Å². The summed E-state index contributed by atoms with van der Waals surface area (Å²) in [6, 6.07) is 14.9. The van der Waals surface area contributed by atoms with Gasteiger partial charge in [-0.25, -0.2) is 0 Å². The lowest BCUT2D eigenvalue weighted by molar-refractivity contribution is -0.122. The fourth-order valence-corrected chi connectivity index (χ4v) is 3.51. The molecule has 1 saturated heterocycles. The van der Waals surface area contributed by atoms with Gasteiger partial charge in [0.1, 0.15) is 23.8 Å². The fourth-order valence-electron chi connectivity index (χ4n) is 3.17. The number of nitrogens with zero attached hydrogens (tertiary/aromatic N) is 2. The average Bonchev–Trinajstić information content (AvgIpc) is 3.53. The molecule has 2 fully saturated rings. The Balaban J connectivity index is 1.52. The number of thiocarbonyl (C=S) groups is 1. The summed E-state index contributed by atoms with van der Waals surface area (Å²) in [5.74, 6) is 1.28. The lowest BCUT2D eigenvalue weighted by Crippen LogP contribution is -2.32. The van der Waals surface area contributed by atoms with Crippen molar-refractivity contribution in [3.63, 3.8) is 0 Å². The van der Waals surface area contributed by atoms with Crippen LogP contribution < -0.4 is 14.8 Å². The molecule has 1 amide bonds. The molecule has 1 saturated carbocycles. The summed E-state index contributed by atoms with van der Waals surface area (Å²) >= 11 is 5.30. The lowest BCUT2D eigenvalue weighted by atomic mass is 10.1. The van der Waals surface area contributed by atoms with E-state index >= 15 is 0 Å². The van der Waals surface area contributed by atoms with Crippen LogP contribution in [0.4, 0.5) is 0 Å². The van der Waals surface area contributed by atoms with Gasteiger partial charge in [0.05, 0.1) is 18.7 Å². The van der Waals surface area contributed by atoms with Crippen molar-refractivity contribution in [2.24, 2.45) is 0 Å². The van der Waals surface area contributed by atoms with Gasteiger partial charge >= 0.3 is 0 Å². The zero-order valence-electron chi connectivity index (χ0n) is 15.8. The number of ether oxygens (including phenoxy) is 2. The van der Waals surface area contributed by atoms with Crippen molar-refractivity contribution in [3.8, 4) is 17.6 Å². The second-order valence-electron chi connectivity index (χ2n) is 6.89. The summed E-state index contributed by atoms with van der Waals surface area (Å²) in [6.45, 7) is 0.292. The first kappa shape index (κ1) is 19.0. The van der Waals surface area contributed by atoms with E-state index in [4.69, 9.17) is 27.0 Å². The first-order chi connectivity index (χ1) is 14.1. The highest BCUT2D eigenvalue weighted by atomic mass is 32.1. The van der Waals surface area contributed by atoms with Crippen molar-refractivity contribution in [1.29, 1.82) is 5.26 Å². The molecule has 2 aromatic rings. The topological polar surface area (TPSA) is 74.6 Å². The maximum Gasteiger partial charge on any atom is 0.276 e. The summed E-state index contributed by atoms with van der Waals surface area (Å²) in [4.78, 5) is 14.3. The molecular weight excluding hydrogens is 386 g/mol. The highest BCUT2D eigenvalue weighted by Crippen LogP contribution is 2.31. The number of methoxy groups -OCH3 is 1. The second-order valence-corrected chi connectivity index (χ2v) is 7.28. The van der Waals surface area contributed by atoms with Crippen LogP contribution in [-0.2, 0) is 11.4 Å². The minimum absolute atomic E-state index is 0.0799. The number of rotatable bonds is 6. The first-order valence-corrected chi connectivity index (χ1v) is 9.66. The summed E-state index contributed by atoms with van der Waals surface area (Å²) in [5, 5.41) is 12.4. The van der Waals surface area contributed by atoms with Gasteiger partial charge in [0.15, 0.2) is 5.11 Å². The van der Waals surface area contributed by atoms with E-state index in [1.54, 1.807) is 42.4 Å². The van der Waals surface area contributed by atoms with E-state index in [1.807, 2.05) is 18.2 Å². The minimum atomic E-state index is -0.0799. The van der Waals surface area contributed by atoms with Crippen LogP contribution in [0, 0.1) is 11.3 Å². The number of amides is 1. The number of nitrogens with one attached hydrogen (secondary N) is 1. The van der Waals surface area contributed by atoms with Crippen LogP contribution in [0.5, 0.6) is 11.5 Å². The third kappa shape index (κ3) is 4.08. The smallest absolute Gasteiger partial charge is 0.276 e. The van der Waals surface area contributed by atoms with Crippen LogP contribution in [-0.4, -0.2) is 29.1 Å². The molecule has 1 aliphatic carbocycles. The Hall–Kier alpha value is -3.37. The van der Waals surface area contributed by atoms with Gasteiger partial charge < -0.3 is 14.8 Å². The van der Waals surface area contributed by atoms with Crippen LogP contribution >= 0.6 is 12.2 Å². The molecule has 6 nitrogen and oxygen atoms in total. The standard InChI is InChI=1S/C22H19N3O3S/c1-27-20-9-4-15(11-19-21(26)25(17-5-6-17)22(29)24-19)10-16(20)13-28-18-7-2-14(12-23)3-8-18/h2-4,7-11,17H,5-6,13H2,1H3,(H,24,29)/b19-11+. The van der Waals surface area contributed by atoms with E-state index in [1.165, 1.54) is 0 Å². The van der Waals surface area contributed by atoms with Crippen LogP contribution in [0.1, 0.15) is 29.5 Å². The zero-order valence-corrected chi connectivity index (χ0v) is 16.7. The Morgan fingerprint density at radius 1 is 1.28 bits per heavy atom. The summed E-state index contributed by atoms with van der Waals surface area (Å²) in [6.07, 6.45) is 3.79. The number of carbonyl (C=O) groups excluding carboxylic acids is 1. The van der Waals surface area contributed by atoms with Gasteiger partial charge in [0.2, 0.25) is 0 Å². The van der Waals surface area contributed by atoms with E-state index in [-0.39, 0.29) is 11.9 Å². The Morgan fingerprint density at radius 2 is 2.03 bits per heavy atom. The van der Waals surface area contributed by atoms with Crippen molar-refractivity contribution in [2.45, 2.75) is 25.5 Å². The predicted octanol–water partition coefficient (Wildman–Crippen LogP) is 3.37. The van der Waals surface area contributed by atoms with Crippen molar-refractivity contribution in [1.82, 2.24) is 10.2 Å². The second kappa shape index (κ2) is 7.94. The predicted molar refractivity (Wildman–Crippen MR) is 112 cm³/mol. The zero-order chi connectivity index (χ0) is 20.4. The molecule has 0 unspecified atom stereocenters. The average molecular weight is 405 g/mol. The highest BCUT2D eigenvalue weighted by molar-refractivity contribution is 7.80. The molecule has 146 valence electrons. The van der Waals surface area contributed by atoms with E-state index in [2.05, 4.69) is 11.4 Å². The molecule has 1 N–H and O–H groups in total. The minimum Gasteiger partial charge on any atom is -0.496 e. The van der Waals surface area contributed by atoms with Crippen LogP contribution in [0.3, 0.4) is 0 Å². The van der Waals surface area contributed by atoms with Crippen molar-refractivity contribution >= 4 is 29.3 Å². The number of nitriles is 1. The lowest BCUT2D eigenvalue weighted by Gasteiger charge is -2.12. The van der Waals surface area contributed by atoms with Crippen LogP contribution in [0.15, 0.2) is 48.2 Å². The summed E-state index contributed by atoms with van der Waals surface area (Å²) in [5.41, 5.74) is 2.75. The molecule has 0 bridgehead atoms. The fraction of sp³-hybridized carbons (Fsp3) is 0.227. The maximum absolute atomic E-state index is 12.6. The molecule has 2 aromatic carbocycles. The Kier molecular flexibility index (Phi) is 5.19. The van der Waals surface area contributed by atoms with Crippen molar-refractivity contribution in [2.75, 3.05) is 7.11 Å². The number of hydrogen-bond acceptors (Lipinski definition) is 5. The van der Waals surface area contributed by atoms with Gasteiger partial charge in [-0.05, 0) is 73.1 Å². The molecule has 2 aliphatic rings. The monoisotopic (exact) mass is 405 g/mol. The van der Waals surface area contributed by atoms with Gasteiger partial charge in [-0.1, -0.05) is 6.07 Å². The number of carbonyl (C=O) groups is 1. The molecule has 0 spiro atoms. The molecule has 0 aromatic heterocycles. The molecule has 0 atom stereocenters. The van der Waals surface area contributed by atoms with E-state index < -0.39 is 0 Å². The summed E-state index contributed by atoms with van der Waals surface area (Å²) < 4.78 is 11.3. The van der Waals surface area contributed by atoms with Gasteiger partial charge in [-0.3, -0.25) is 9.69 Å². The molecule has 0 radical (unpaired) electrons. The molecule has 1 aliphatic heterocycles. The molecule has 4 rings (SSSR count). The SMILES string of the molecule is COc1ccc(/C=C2/NC(=S)N(C3CC3)C2=O)cc1COc1ccc(C#N)cc1. The molecule has 7 heteroatoms. The van der Waals surface area contributed by atoms with Crippen LogP contribution in [0.2, 0.25) is 0 Å². The van der Waals surface area contributed by atoms with Crippen molar-refractivity contribution < 1.29 is 14.3 Å². The Bertz CT molecular complexity index is 1040. The quantitative estimate of drug-likeness (QED) is 0.587. The largest absolute Gasteiger partial charge is 0.496 e. The molecule has 1 heterocycles. The Morgan fingerprint density at radius 3 is 2.69 bits per heavy atom. The van der Waals surface area contributed by atoms with Gasteiger partial charge in [-0.15, -0.1) is 0 Å². The Labute approximate surface area is 174 Å². The van der Waals surface area contributed by atoms with Gasteiger partial charge in [-0.2, -0.15) is 5.26 Å². The highest BCUT2D eigenvalue weighted by Gasteiger charge is 2.41. The van der Waals surface area contributed by atoms with Gasteiger partial charge in [0, 0.05) is 11.6 Å². The normalized spacial score (nSPS) is 17.2. The number of hydrogen-bond donors (Lipinski definition) is 1. The maximum atomic E-state index is 12.6. The molecule has 29 heavy (non-hydrogen) atoms. The number of benzene rings is 2. The van der Waals surface area contributed by atoms with E-state index in [9.17, 15) is 4.79 Å².